The highest BCUT2D eigenvalue weighted by atomic mass is 79.9. The zero-order valence-corrected chi connectivity index (χ0v) is 20.1. The van der Waals surface area contributed by atoms with E-state index >= 15 is 0 Å². The van der Waals surface area contributed by atoms with E-state index in [1.807, 2.05) is 31.2 Å². The van der Waals surface area contributed by atoms with Gasteiger partial charge in [0.05, 0.1) is 12.2 Å². The normalized spacial score (nSPS) is 12.8. The second-order valence-electron chi connectivity index (χ2n) is 7.51. The third kappa shape index (κ3) is 5.24. The van der Waals surface area contributed by atoms with Crippen molar-refractivity contribution in [3.05, 3.63) is 68.4 Å². The Hall–Kier alpha value is -2.58. The van der Waals surface area contributed by atoms with E-state index in [1.54, 1.807) is 12.1 Å². The van der Waals surface area contributed by atoms with E-state index in [4.69, 9.17) is 13.9 Å². The lowest BCUT2D eigenvalue weighted by atomic mass is 9.95. The van der Waals surface area contributed by atoms with Gasteiger partial charge in [0.1, 0.15) is 23.1 Å². The first kappa shape index (κ1) is 22.6. The van der Waals surface area contributed by atoms with Crippen LogP contribution in [0.15, 0.2) is 45.3 Å². The molecule has 0 saturated heterocycles. The number of fused-ring (bicyclic) bond motifs is 1. The average molecular weight is 518 g/mol. The summed E-state index contributed by atoms with van der Waals surface area (Å²) in [5.74, 6) is 0.632. The van der Waals surface area contributed by atoms with Crippen LogP contribution in [0.5, 0.6) is 5.75 Å². The van der Waals surface area contributed by atoms with E-state index in [1.165, 1.54) is 11.3 Å². The predicted molar refractivity (Wildman–Crippen MR) is 127 cm³/mol. The van der Waals surface area contributed by atoms with E-state index in [0.29, 0.717) is 28.7 Å². The minimum Gasteiger partial charge on any atom is -0.486 e. The number of benzene rings is 1. The van der Waals surface area contributed by atoms with Gasteiger partial charge in [-0.25, -0.2) is 4.79 Å². The van der Waals surface area contributed by atoms with E-state index in [-0.39, 0.29) is 18.3 Å². The monoisotopic (exact) mass is 517 g/mol. The van der Waals surface area contributed by atoms with Crippen molar-refractivity contribution in [1.29, 1.82) is 0 Å². The molecule has 0 atom stereocenters. The molecule has 2 aromatic heterocycles. The molecule has 6 nitrogen and oxygen atoms in total. The number of esters is 1. The zero-order valence-electron chi connectivity index (χ0n) is 17.7. The summed E-state index contributed by atoms with van der Waals surface area (Å²) in [5, 5.41) is 3.41. The zero-order chi connectivity index (χ0) is 22.5. The predicted octanol–water partition coefficient (Wildman–Crippen LogP) is 6.38. The summed E-state index contributed by atoms with van der Waals surface area (Å²) in [4.78, 5) is 26.7. The van der Waals surface area contributed by atoms with Crippen LogP contribution in [0.25, 0.3) is 0 Å². The van der Waals surface area contributed by atoms with Gasteiger partial charge in [-0.15, -0.1) is 11.3 Å². The molecule has 0 unspecified atom stereocenters. The Balaban J connectivity index is 1.46. The van der Waals surface area contributed by atoms with Gasteiger partial charge in [0.15, 0.2) is 5.76 Å². The van der Waals surface area contributed by atoms with Crippen LogP contribution in [-0.4, -0.2) is 18.5 Å². The molecule has 2 heterocycles. The lowest BCUT2D eigenvalue weighted by Crippen LogP contribution is -2.15. The van der Waals surface area contributed by atoms with Gasteiger partial charge < -0.3 is 19.2 Å². The Bertz CT molecular complexity index is 1100. The molecule has 1 aliphatic carbocycles. The molecule has 3 aromatic rings. The Morgan fingerprint density at radius 1 is 1.12 bits per heavy atom. The average Bonchev–Trinajstić information content (AvgIpc) is 3.41. The van der Waals surface area contributed by atoms with Gasteiger partial charge >= 0.3 is 5.97 Å². The van der Waals surface area contributed by atoms with Crippen molar-refractivity contribution in [2.45, 2.75) is 45.6 Å². The maximum absolute atomic E-state index is 12.8. The highest BCUT2D eigenvalue weighted by Crippen LogP contribution is 2.39. The van der Waals surface area contributed by atoms with E-state index in [0.717, 1.165) is 47.0 Å². The molecule has 168 valence electrons. The topological polar surface area (TPSA) is 77.8 Å². The standard InChI is InChI=1S/C24H24BrNO5S/c1-2-13-29-24(28)21-18-5-3-4-6-20(18)32-23(21)26-22(27)19-12-11-17(31-19)14-30-16-9-7-15(25)8-10-16/h7-12H,2-6,13-14H2,1H3,(H,26,27). The van der Waals surface area contributed by atoms with Gasteiger partial charge in [-0.05, 0) is 74.1 Å². The molecule has 0 fully saturated rings. The van der Waals surface area contributed by atoms with Crippen LogP contribution in [0, 0.1) is 0 Å². The lowest BCUT2D eigenvalue weighted by Gasteiger charge is -2.12. The van der Waals surface area contributed by atoms with Gasteiger partial charge in [-0.3, -0.25) is 4.79 Å². The molecule has 0 saturated carbocycles. The number of nitrogens with one attached hydrogen (secondary N) is 1. The van der Waals surface area contributed by atoms with Gasteiger partial charge in [0.25, 0.3) is 5.91 Å². The van der Waals surface area contributed by atoms with Gasteiger partial charge in [-0.1, -0.05) is 22.9 Å². The first-order valence-corrected chi connectivity index (χ1v) is 12.3. The summed E-state index contributed by atoms with van der Waals surface area (Å²) in [7, 11) is 0. The molecule has 8 heteroatoms. The van der Waals surface area contributed by atoms with Crippen molar-refractivity contribution in [3.8, 4) is 5.75 Å². The fraction of sp³-hybridized carbons (Fsp3) is 0.333. The quantitative estimate of drug-likeness (QED) is 0.350. The minimum atomic E-state index is -0.400. The van der Waals surface area contributed by atoms with E-state index in [2.05, 4.69) is 21.2 Å². The number of rotatable bonds is 8. The summed E-state index contributed by atoms with van der Waals surface area (Å²) in [6.07, 6.45) is 4.62. The van der Waals surface area contributed by atoms with Crippen molar-refractivity contribution < 1.29 is 23.5 Å². The number of amides is 1. The molecule has 4 rings (SSSR count). The van der Waals surface area contributed by atoms with E-state index in [9.17, 15) is 9.59 Å². The number of thiophene rings is 1. The third-order valence-corrected chi connectivity index (χ3v) is 6.86. The van der Waals surface area contributed by atoms with Crippen LogP contribution >= 0.6 is 27.3 Å². The van der Waals surface area contributed by atoms with Gasteiger partial charge in [-0.2, -0.15) is 0 Å². The number of anilines is 1. The molecule has 1 aliphatic rings. The maximum atomic E-state index is 12.8. The van der Waals surface area contributed by atoms with Crippen LogP contribution in [0.3, 0.4) is 0 Å². The molecular weight excluding hydrogens is 494 g/mol. The number of aryl methyl sites for hydroxylation is 1. The van der Waals surface area contributed by atoms with Crippen LogP contribution < -0.4 is 10.1 Å². The summed E-state index contributed by atoms with van der Waals surface area (Å²) >= 11 is 4.85. The van der Waals surface area contributed by atoms with Crippen molar-refractivity contribution in [1.82, 2.24) is 0 Å². The van der Waals surface area contributed by atoms with Crippen LogP contribution in [0.4, 0.5) is 5.00 Å². The summed E-state index contributed by atoms with van der Waals surface area (Å²) in [6, 6.07) is 10.8. The molecule has 1 aromatic carbocycles. The van der Waals surface area contributed by atoms with Crippen LogP contribution in [0.2, 0.25) is 0 Å². The highest BCUT2D eigenvalue weighted by molar-refractivity contribution is 9.10. The van der Waals surface area contributed by atoms with Crippen molar-refractivity contribution in [3.63, 3.8) is 0 Å². The Labute approximate surface area is 199 Å². The largest absolute Gasteiger partial charge is 0.486 e. The molecule has 1 amide bonds. The van der Waals surface area contributed by atoms with Crippen LogP contribution in [-0.2, 0) is 24.2 Å². The second-order valence-corrected chi connectivity index (χ2v) is 9.53. The van der Waals surface area contributed by atoms with Gasteiger partial charge in [0.2, 0.25) is 0 Å². The number of carbonyl (C=O) groups is 2. The molecule has 0 bridgehead atoms. The molecule has 32 heavy (non-hydrogen) atoms. The third-order valence-electron chi connectivity index (χ3n) is 5.12. The van der Waals surface area contributed by atoms with Crippen LogP contribution in [0.1, 0.15) is 63.3 Å². The highest BCUT2D eigenvalue weighted by Gasteiger charge is 2.28. The summed E-state index contributed by atoms with van der Waals surface area (Å²) in [5.41, 5.74) is 1.51. The Morgan fingerprint density at radius 2 is 1.91 bits per heavy atom. The Kier molecular flexibility index (Phi) is 7.32. The number of ether oxygens (including phenoxy) is 2. The smallest absolute Gasteiger partial charge is 0.341 e. The number of hydrogen-bond acceptors (Lipinski definition) is 6. The molecule has 1 N–H and O–H groups in total. The molecular formula is C24H24BrNO5S. The minimum absolute atomic E-state index is 0.165. The lowest BCUT2D eigenvalue weighted by molar-refractivity contribution is 0.0505. The number of furan rings is 1. The van der Waals surface area contributed by atoms with Crippen molar-refractivity contribution >= 4 is 44.1 Å². The van der Waals surface area contributed by atoms with Crippen molar-refractivity contribution in [2.24, 2.45) is 0 Å². The fourth-order valence-corrected chi connectivity index (χ4v) is 5.10. The summed E-state index contributed by atoms with van der Waals surface area (Å²) in [6.45, 7) is 2.52. The fourth-order valence-electron chi connectivity index (χ4n) is 3.56. The SMILES string of the molecule is CCCOC(=O)c1c(NC(=O)c2ccc(COc3ccc(Br)cc3)o2)sc2c1CCCC2. The van der Waals surface area contributed by atoms with Gasteiger partial charge in [0, 0.05) is 9.35 Å². The van der Waals surface area contributed by atoms with Crippen molar-refractivity contribution in [2.75, 3.05) is 11.9 Å². The maximum Gasteiger partial charge on any atom is 0.341 e. The summed E-state index contributed by atoms with van der Waals surface area (Å²) < 4.78 is 17.7. The number of hydrogen-bond donors (Lipinski definition) is 1. The number of carbonyl (C=O) groups excluding carboxylic acids is 2. The van der Waals surface area contributed by atoms with E-state index < -0.39 is 5.91 Å². The Morgan fingerprint density at radius 3 is 2.69 bits per heavy atom. The molecule has 0 radical (unpaired) electrons. The first-order valence-electron chi connectivity index (χ1n) is 10.6. The second kappa shape index (κ2) is 10.4. The number of halogens is 1. The molecule has 0 spiro atoms. The molecule has 0 aliphatic heterocycles. The first-order chi connectivity index (χ1) is 15.5.